The second kappa shape index (κ2) is 6.17. The number of hydrogen-bond donors (Lipinski definition) is 1. The highest BCUT2D eigenvalue weighted by atomic mass is 16.3. The molecule has 0 aromatic rings. The standard InChI is InChI=1S/C14H28N2O/c1-12(2)16-10-8-15(9-11-16)7-6-13-4-3-5-14(13)17/h12-14,17H,3-11H2,1-2H3. The molecule has 100 valence electrons. The van der Waals surface area contributed by atoms with Gasteiger partial charge in [0.25, 0.3) is 0 Å². The maximum absolute atomic E-state index is 9.81. The first-order chi connectivity index (χ1) is 8.16. The lowest BCUT2D eigenvalue weighted by Crippen LogP contribution is -2.49. The Hall–Kier alpha value is -0.120. The molecule has 0 aromatic carbocycles. The van der Waals surface area contributed by atoms with Gasteiger partial charge in [-0.1, -0.05) is 6.42 Å². The summed E-state index contributed by atoms with van der Waals surface area (Å²) in [7, 11) is 0. The van der Waals surface area contributed by atoms with Gasteiger partial charge in [-0.2, -0.15) is 0 Å². The van der Waals surface area contributed by atoms with Crippen molar-refractivity contribution in [1.82, 2.24) is 9.80 Å². The Labute approximate surface area is 106 Å². The summed E-state index contributed by atoms with van der Waals surface area (Å²) >= 11 is 0. The normalized spacial score (nSPS) is 32.5. The molecule has 3 nitrogen and oxygen atoms in total. The molecule has 1 heterocycles. The molecular formula is C14H28N2O. The summed E-state index contributed by atoms with van der Waals surface area (Å²) < 4.78 is 0. The van der Waals surface area contributed by atoms with Crippen molar-refractivity contribution in [2.24, 2.45) is 5.92 Å². The van der Waals surface area contributed by atoms with E-state index in [0.717, 1.165) is 6.42 Å². The molecule has 0 amide bonds. The van der Waals surface area contributed by atoms with Crippen LogP contribution < -0.4 is 0 Å². The molecule has 2 rings (SSSR count). The third-order valence-corrected chi connectivity index (χ3v) is 4.57. The van der Waals surface area contributed by atoms with Crippen LogP contribution in [0.3, 0.4) is 0 Å². The Balaban J connectivity index is 1.64. The summed E-state index contributed by atoms with van der Waals surface area (Å²) in [6.07, 6.45) is 4.70. The minimum Gasteiger partial charge on any atom is -0.393 e. The summed E-state index contributed by atoms with van der Waals surface area (Å²) in [6.45, 7) is 10.6. The first kappa shape index (κ1) is 13.3. The van der Waals surface area contributed by atoms with E-state index in [4.69, 9.17) is 0 Å². The molecule has 1 saturated carbocycles. The van der Waals surface area contributed by atoms with Gasteiger partial charge in [-0.3, -0.25) is 4.90 Å². The topological polar surface area (TPSA) is 26.7 Å². The molecule has 0 spiro atoms. The summed E-state index contributed by atoms with van der Waals surface area (Å²) in [5.74, 6) is 0.582. The van der Waals surface area contributed by atoms with Crippen LogP contribution in [0.25, 0.3) is 0 Å². The lowest BCUT2D eigenvalue weighted by atomic mass is 10.0. The molecule has 2 aliphatic rings. The van der Waals surface area contributed by atoms with Gasteiger partial charge in [0, 0.05) is 32.2 Å². The SMILES string of the molecule is CC(C)N1CCN(CCC2CCCC2O)CC1. The molecule has 1 aliphatic carbocycles. The van der Waals surface area contributed by atoms with E-state index in [-0.39, 0.29) is 6.10 Å². The zero-order chi connectivity index (χ0) is 12.3. The summed E-state index contributed by atoms with van der Waals surface area (Å²) in [6, 6.07) is 0.689. The largest absolute Gasteiger partial charge is 0.393 e. The maximum Gasteiger partial charge on any atom is 0.0568 e. The van der Waals surface area contributed by atoms with E-state index >= 15 is 0 Å². The van der Waals surface area contributed by atoms with E-state index in [1.807, 2.05) is 0 Å². The second-order valence-corrected chi connectivity index (χ2v) is 6.02. The molecule has 17 heavy (non-hydrogen) atoms. The first-order valence-electron chi connectivity index (χ1n) is 7.31. The van der Waals surface area contributed by atoms with E-state index in [0.29, 0.717) is 12.0 Å². The number of piperazine rings is 1. The molecule has 1 aliphatic heterocycles. The van der Waals surface area contributed by atoms with Crippen molar-refractivity contribution in [3.8, 4) is 0 Å². The van der Waals surface area contributed by atoms with Gasteiger partial charge in [0.1, 0.15) is 0 Å². The average Bonchev–Trinajstić information content (AvgIpc) is 2.73. The fourth-order valence-corrected chi connectivity index (χ4v) is 3.21. The zero-order valence-electron chi connectivity index (χ0n) is 11.4. The van der Waals surface area contributed by atoms with Crippen molar-refractivity contribution in [3.05, 3.63) is 0 Å². The Morgan fingerprint density at radius 3 is 2.35 bits per heavy atom. The van der Waals surface area contributed by atoms with Crippen LogP contribution in [0.4, 0.5) is 0 Å². The fraction of sp³-hybridized carbons (Fsp3) is 1.00. The third-order valence-electron chi connectivity index (χ3n) is 4.57. The van der Waals surface area contributed by atoms with Crippen LogP contribution in [0.1, 0.15) is 39.5 Å². The van der Waals surface area contributed by atoms with Crippen LogP contribution in [0.2, 0.25) is 0 Å². The van der Waals surface area contributed by atoms with Crippen LogP contribution in [-0.4, -0.2) is 59.8 Å². The Morgan fingerprint density at radius 1 is 1.12 bits per heavy atom. The maximum atomic E-state index is 9.81. The number of aliphatic hydroxyl groups is 1. The molecule has 2 fully saturated rings. The van der Waals surface area contributed by atoms with Crippen molar-refractivity contribution >= 4 is 0 Å². The van der Waals surface area contributed by atoms with Crippen LogP contribution in [0.5, 0.6) is 0 Å². The van der Waals surface area contributed by atoms with Crippen LogP contribution >= 0.6 is 0 Å². The Morgan fingerprint density at radius 2 is 1.82 bits per heavy atom. The van der Waals surface area contributed by atoms with Crippen molar-refractivity contribution in [2.45, 2.75) is 51.7 Å². The average molecular weight is 240 g/mol. The van der Waals surface area contributed by atoms with Crippen molar-refractivity contribution in [3.63, 3.8) is 0 Å². The molecule has 3 heteroatoms. The minimum absolute atomic E-state index is 0.00745. The van der Waals surface area contributed by atoms with Crippen LogP contribution in [0.15, 0.2) is 0 Å². The van der Waals surface area contributed by atoms with E-state index < -0.39 is 0 Å². The molecular weight excluding hydrogens is 212 g/mol. The summed E-state index contributed by atoms with van der Waals surface area (Å²) in [5.41, 5.74) is 0. The minimum atomic E-state index is -0.00745. The van der Waals surface area contributed by atoms with E-state index in [9.17, 15) is 5.11 Å². The van der Waals surface area contributed by atoms with E-state index in [2.05, 4.69) is 23.6 Å². The van der Waals surface area contributed by atoms with Crippen molar-refractivity contribution in [1.29, 1.82) is 0 Å². The van der Waals surface area contributed by atoms with Gasteiger partial charge < -0.3 is 10.0 Å². The molecule has 0 bridgehead atoms. The van der Waals surface area contributed by atoms with Crippen molar-refractivity contribution in [2.75, 3.05) is 32.7 Å². The van der Waals surface area contributed by atoms with Gasteiger partial charge in [-0.05, 0) is 45.6 Å². The van der Waals surface area contributed by atoms with Gasteiger partial charge in [0.05, 0.1) is 6.10 Å². The highest BCUT2D eigenvalue weighted by molar-refractivity contribution is 4.79. The predicted octanol–water partition coefficient (Wildman–Crippen LogP) is 1.56. The molecule has 2 unspecified atom stereocenters. The Bertz CT molecular complexity index is 224. The Kier molecular flexibility index (Phi) is 4.83. The lowest BCUT2D eigenvalue weighted by molar-refractivity contribution is 0.0872. The molecule has 0 radical (unpaired) electrons. The third kappa shape index (κ3) is 3.67. The predicted molar refractivity (Wildman–Crippen MR) is 71.1 cm³/mol. The zero-order valence-corrected chi connectivity index (χ0v) is 11.4. The van der Waals surface area contributed by atoms with E-state index in [1.165, 1.54) is 52.0 Å². The number of hydrogen-bond acceptors (Lipinski definition) is 3. The van der Waals surface area contributed by atoms with Gasteiger partial charge in [-0.25, -0.2) is 0 Å². The summed E-state index contributed by atoms with van der Waals surface area (Å²) in [5, 5.41) is 9.81. The number of aliphatic hydroxyl groups excluding tert-OH is 1. The fourth-order valence-electron chi connectivity index (χ4n) is 3.21. The van der Waals surface area contributed by atoms with Gasteiger partial charge in [0.2, 0.25) is 0 Å². The molecule has 1 N–H and O–H groups in total. The molecule has 1 saturated heterocycles. The lowest BCUT2D eigenvalue weighted by Gasteiger charge is -2.37. The number of nitrogens with zero attached hydrogens (tertiary/aromatic N) is 2. The second-order valence-electron chi connectivity index (χ2n) is 6.02. The number of rotatable bonds is 4. The van der Waals surface area contributed by atoms with Gasteiger partial charge in [-0.15, -0.1) is 0 Å². The first-order valence-corrected chi connectivity index (χ1v) is 7.31. The molecule has 0 aromatic heterocycles. The molecule has 2 atom stereocenters. The smallest absolute Gasteiger partial charge is 0.0568 e. The van der Waals surface area contributed by atoms with Crippen molar-refractivity contribution < 1.29 is 5.11 Å². The van der Waals surface area contributed by atoms with Gasteiger partial charge in [0.15, 0.2) is 0 Å². The highest BCUT2D eigenvalue weighted by Gasteiger charge is 2.26. The van der Waals surface area contributed by atoms with E-state index in [1.54, 1.807) is 0 Å². The quantitative estimate of drug-likeness (QED) is 0.808. The van der Waals surface area contributed by atoms with Gasteiger partial charge >= 0.3 is 0 Å². The van der Waals surface area contributed by atoms with Crippen LogP contribution in [0, 0.1) is 5.92 Å². The van der Waals surface area contributed by atoms with Crippen LogP contribution in [-0.2, 0) is 0 Å². The monoisotopic (exact) mass is 240 g/mol. The summed E-state index contributed by atoms with van der Waals surface area (Å²) in [4.78, 5) is 5.13. The highest BCUT2D eigenvalue weighted by Crippen LogP contribution is 2.28.